The van der Waals surface area contributed by atoms with Gasteiger partial charge in [-0.3, -0.25) is 19.2 Å². The Morgan fingerprint density at radius 1 is 0.545 bits per heavy atom. The van der Waals surface area contributed by atoms with Gasteiger partial charge in [0.1, 0.15) is 0 Å². The highest BCUT2D eigenvalue weighted by Gasteiger charge is 2.28. The zero-order valence-electron chi connectivity index (χ0n) is 10.4. The lowest BCUT2D eigenvalue weighted by Gasteiger charge is -2.20. The van der Waals surface area contributed by atoms with Crippen LogP contribution in [0.2, 0.25) is 0 Å². The maximum absolute atomic E-state index is 11.1. The first-order valence-electron chi connectivity index (χ1n) is 4.92. The number of hydrogen-bond donors (Lipinski definition) is 4. The molecular formula is C8H8N4O4S6. The van der Waals surface area contributed by atoms with Gasteiger partial charge in [0.15, 0.2) is 0 Å². The van der Waals surface area contributed by atoms with E-state index in [1.807, 2.05) is 0 Å². The number of amides is 4. The average Bonchev–Trinajstić information content (AvgIpc) is 2.31. The predicted octanol–water partition coefficient (Wildman–Crippen LogP) is 2.97. The molecule has 0 aromatic carbocycles. The minimum Gasteiger partial charge on any atom is -0.360 e. The van der Waals surface area contributed by atoms with Crippen molar-refractivity contribution in [2.24, 2.45) is 22.9 Å². The SMILES string of the molecule is NC(=O)SC1=C(SC(N)=O)SC(SC(N)=O)=C(SC(N)=O)S1. The largest absolute Gasteiger partial charge is 0.360 e. The van der Waals surface area contributed by atoms with Gasteiger partial charge in [-0.05, 0) is 47.0 Å². The van der Waals surface area contributed by atoms with Gasteiger partial charge in [0.2, 0.25) is 0 Å². The van der Waals surface area contributed by atoms with Crippen LogP contribution in [0.4, 0.5) is 19.2 Å². The summed E-state index contributed by atoms with van der Waals surface area (Å²) in [7, 11) is 0. The van der Waals surface area contributed by atoms with Gasteiger partial charge in [0, 0.05) is 0 Å². The van der Waals surface area contributed by atoms with E-state index in [1.165, 1.54) is 0 Å². The predicted molar refractivity (Wildman–Crippen MR) is 97.9 cm³/mol. The Morgan fingerprint density at radius 2 is 0.727 bits per heavy atom. The van der Waals surface area contributed by atoms with Crippen molar-refractivity contribution in [2.45, 2.75) is 0 Å². The maximum Gasteiger partial charge on any atom is 0.281 e. The molecule has 22 heavy (non-hydrogen) atoms. The Bertz CT molecular complexity index is 503. The lowest BCUT2D eigenvalue weighted by atomic mass is 11.2. The zero-order valence-corrected chi connectivity index (χ0v) is 15.3. The Labute approximate surface area is 150 Å². The van der Waals surface area contributed by atoms with Crippen molar-refractivity contribution in [2.75, 3.05) is 0 Å². The van der Waals surface area contributed by atoms with E-state index in [4.69, 9.17) is 22.9 Å². The smallest absolute Gasteiger partial charge is 0.281 e. The molecule has 1 heterocycles. The molecule has 1 aliphatic heterocycles. The molecule has 8 N–H and O–H groups in total. The van der Waals surface area contributed by atoms with Gasteiger partial charge in [-0.25, -0.2) is 0 Å². The number of primary amides is 4. The monoisotopic (exact) mass is 416 g/mol. The van der Waals surface area contributed by atoms with Gasteiger partial charge in [0.05, 0.1) is 16.9 Å². The average molecular weight is 417 g/mol. The number of thioether (sulfide) groups is 6. The molecule has 0 aliphatic carbocycles. The molecular weight excluding hydrogens is 409 g/mol. The third-order valence-electron chi connectivity index (χ3n) is 1.48. The third kappa shape index (κ3) is 6.70. The van der Waals surface area contributed by atoms with Gasteiger partial charge in [-0.15, -0.1) is 0 Å². The summed E-state index contributed by atoms with van der Waals surface area (Å²) in [6.45, 7) is 0. The normalized spacial score (nSPS) is 14.9. The van der Waals surface area contributed by atoms with Crippen LogP contribution >= 0.6 is 70.6 Å². The standard InChI is InChI=1S/C8H8N4O4S6/c9-5(13)19-1-2(20-6(10)14)18-4(22-8(12)16)3(17-1)21-7(11)15/h(H2,9,13)(H2,10,14)(H2,11,15)(H2,12,16). The van der Waals surface area contributed by atoms with E-state index < -0.39 is 21.0 Å². The van der Waals surface area contributed by atoms with Crippen LogP contribution in [0, 0.1) is 0 Å². The molecule has 0 saturated carbocycles. The van der Waals surface area contributed by atoms with Crippen LogP contribution in [0.15, 0.2) is 16.9 Å². The van der Waals surface area contributed by atoms with Crippen LogP contribution in [-0.2, 0) is 0 Å². The van der Waals surface area contributed by atoms with Crippen LogP contribution in [0.25, 0.3) is 0 Å². The Kier molecular flexibility index (Phi) is 7.92. The number of hydrogen-bond acceptors (Lipinski definition) is 10. The molecule has 0 aromatic rings. The molecule has 0 bridgehead atoms. The van der Waals surface area contributed by atoms with E-state index >= 15 is 0 Å². The van der Waals surface area contributed by atoms with Crippen molar-refractivity contribution >= 4 is 91.5 Å². The molecule has 1 aliphatic rings. The third-order valence-corrected chi connectivity index (χ3v) is 8.43. The molecule has 0 radical (unpaired) electrons. The highest BCUT2D eigenvalue weighted by atomic mass is 32.2. The van der Waals surface area contributed by atoms with E-state index in [9.17, 15) is 19.2 Å². The summed E-state index contributed by atoms with van der Waals surface area (Å²) >= 11 is 4.72. The first kappa shape index (κ1) is 19.5. The molecule has 0 atom stereocenters. The van der Waals surface area contributed by atoms with Crippen molar-refractivity contribution in [3.63, 3.8) is 0 Å². The molecule has 0 aromatic heterocycles. The Hall–Kier alpha value is -0.540. The number of carbonyl (C=O) groups is 4. The Morgan fingerprint density at radius 3 is 0.864 bits per heavy atom. The second-order valence-electron chi connectivity index (χ2n) is 3.04. The second-order valence-corrected chi connectivity index (χ2v) is 10.2. The quantitative estimate of drug-likeness (QED) is 0.533. The van der Waals surface area contributed by atoms with Gasteiger partial charge in [-0.2, -0.15) is 0 Å². The second kappa shape index (κ2) is 8.93. The van der Waals surface area contributed by atoms with Crippen LogP contribution in [-0.4, -0.2) is 21.0 Å². The lowest BCUT2D eigenvalue weighted by Crippen LogP contribution is -2.08. The molecule has 4 amide bonds. The summed E-state index contributed by atoms with van der Waals surface area (Å²) < 4.78 is 1.50. The van der Waals surface area contributed by atoms with Gasteiger partial charge in [-0.1, -0.05) is 23.5 Å². The summed E-state index contributed by atoms with van der Waals surface area (Å²) in [5.74, 6) is 0. The van der Waals surface area contributed by atoms with Crippen molar-refractivity contribution in [3.8, 4) is 0 Å². The van der Waals surface area contributed by atoms with Crippen molar-refractivity contribution in [3.05, 3.63) is 16.9 Å². The number of carbonyl (C=O) groups excluding carboxylic acids is 4. The summed E-state index contributed by atoms with van der Waals surface area (Å²) in [6, 6.07) is 0. The highest BCUT2D eigenvalue weighted by Crippen LogP contribution is 2.58. The minimum atomic E-state index is -0.694. The molecule has 1 rings (SSSR count). The van der Waals surface area contributed by atoms with E-state index in [2.05, 4.69) is 0 Å². The lowest BCUT2D eigenvalue weighted by molar-refractivity contribution is 0.266. The van der Waals surface area contributed by atoms with Crippen LogP contribution in [0.5, 0.6) is 0 Å². The fraction of sp³-hybridized carbons (Fsp3) is 0. The number of nitrogens with two attached hydrogens (primary N) is 4. The molecule has 0 saturated heterocycles. The van der Waals surface area contributed by atoms with Crippen molar-refractivity contribution in [1.82, 2.24) is 0 Å². The topological polar surface area (TPSA) is 172 Å². The zero-order chi connectivity index (χ0) is 16.9. The van der Waals surface area contributed by atoms with Crippen LogP contribution in [0.1, 0.15) is 0 Å². The molecule has 0 fully saturated rings. The number of rotatable bonds is 4. The first-order chi connectivity index (χ1) is 10.2. The molecule has 0 unspecified atom stereocenters. The molecule has 0 spiro atoms. The van der Waals surface area contributed by atoms with E-state index in [1.54, 1.807) is 0 Å². The fourth-order valence-electron chi connectivity index (χ4n) is 0.951. The summed E-state index contributed by atoms with van der Waals surface area (Å²) in [5, 5.41) is -2.78. The van der Waals surface area contributed by atoms with Crippen LogP contribution in [0.3, 0.4) is 0 Å². The molecule has 120 valence electrons. The minimum absolute atomic E-state index is 0.374. The van der Waals surface area contributed by atoms with Crippen molar-refractivity contribution in [1.29, 1.82) is 0 Å². The Balaban J connectivity index is 3.14. The van der Waals surface area contributed by atoms with Gasteiger partial charge < -0.3 is 22.9 Å². The summed E-state index contributed by atoms with van der Waals surface area (Å²) in [6.07, 6.45) is 0. The van der Waals surface area contributed by atoms with Gasteiger partial charge in [0.25, 0.3) is 21.0 Å². The fourth-order valence-corrected chi connectivity index (χ4v) is 7.65. The summed E-state index contributed by atoms with van der Waals surface area (Å²) in [4.78, 5) is 44.4. The van der Waals surface area contributed by atoms with Crippen molar-refractivity contribution < 1.29 is 19.2 Å². The summed E-state index contributed by atoms with van der Waals surface area (Å²) in [5.41, 5.74) is 20.5. The highest BCUT2D eigenvalue weighted by molar-refractivity contribution is 8.45. The van der Waals surface area contributed by atoms with Crippen LogP contribution < -0.4 is 22.9 Å². The molecule has 14 heteroatoms. The van der Waals surface area contributed by atoms with Gasteiger partial charge >= 0.3 is 0 Å². The van der Waals surface area contributed by atoms with E-state index in [0.29, 0.717) is 64.0 Å². The maximum atomic E-state index is 11.1. The first-order valence-corrected chi connectivity index (χ1v) is 9.82. The van der Waals surface area contributed by atoms with E-state index in [-0.39, 0.29) is 0 Å². The van der Waals surface area contributed by atoms with E-state index in [0.717, 1.165) is 23.5 Å². The molecule has 8 nitrogen and oxygen atoms in total.